The number of nitrogens with one attached hydrogen (secondary N) is 1. The van der Waals surface area contributed by atoms with Crippen LogP contribution >= 0.6 is 0 Å². The van der Waals surface area contributed by atoms with E-state index in [4.69, 9.17) is 9.47 Å². The molecule has 110 valence electrons. The second-order valence-corrected chi connectivity index (χ2v) is 4.40. The molecule has 0 aliphatic heterocycles. The van der Waals surface area contributed by atoms with Crippen molar-refractivity contribution in [3.63, 3.8) is 0 Å². The summed E-state index contributed by atoms with van der Waals surface area (Å²) in [5.41, 5.74) is 2.02. The van der Waals surface area contributed by atoms with Crippen LogP contribution in [0.3, 0.4) is 0 Å². The highest BCUT2D eigenvalue weighted by molar-refractivity contribution is 5.95. The van der Waals surface area contributed by atoms with Crippen molar-refractivity contribution in [1.82, 2.24) is 0 Å². The van der Waals surface area contributed by atoms with Gasteiger partial charge in [0.2, 0.25) is 0 Å². The third-order valence-electron chi connectivity index (χ3n) is 3.06. The number of carbonyl (C=O) groups is 1. The molecule has 0 saturated heterocycles. The second kappa shape index (κ2) is 6.65. The largest absolute Gasteiger partial charge is 0.504 e. The van der Waals surface area contributed by atoms with Crippen LogP contribution in [0.15, 0.2) is 42.5 Å². The second-order valence-electron chi connectivity index (χ2n) is 4.40. The maximum Gasteiger partial charge on any atom is 0.339 e. The van der Waals surface area contributed by atoms with Gasteiger partial charge >= 0.3 is 5.97 Å². The van der Waals surface area contributed by atoms with Gasteiger partial charge in [0.25, 0.3) is 0 Å². The number of anilines is 1. The zero-order chi connectivity index (χ0) is 15.2. The molecule has 0 unspecified atom stereocenters. The van der Waals surface area contributed by atoms with Crippen LogP contribution in [0.25, 0.3) is 0 Å². The van der Waals surface area contributed by atoms with E-state index in [9.17, 15) is 9.90 Å². The summed E-state index contributed by atoms with van der Waals surface area (Å²) in [7, 11) is 2.85. The van der Waals surface area contributed by atoms with Gasteiger partial charge in [0, 0.05) is 12.2 Å². The number of para-hydroxylation sites is 1. The molecule has 0 radical (unpaired) electrons. The van der Waals surface area contributed by atoms with Crippen LogP contribution in [0.1, 0.15) is 15.9 Å². The molecular weight excluding hydrogens is 270 g/mol. The highest BCUT2D eigenvalue weighted by Crippen LogP contribution is 2.26. The summed E-state index contributed by atoms with van der Waals surface area (Å²) in [5.74, 6) is 0.113. The van der Waals surface area contributed by atoms with Gasteiger partial charge in [0.05, 0.1) is 19.8 Å². The van der Waals surface area contributed by atoms with E-state index in [1.807, 2.05) is 12.1 Å². The molecule has 5 heteroatoms. The fraction of sp³-hybridized carbons (Fsp3) is 0.188. The van der Waals surface area contributed by atoms with Gasteiger partial charge in [-0.2, -0.15) is 0 Å². The lowest BCUT2D eigenvalue weighted by Crippen LogP contribution is -2.08. The Bertz CT molecular complexity index is 640. The molecular formula is C16H17NO4. The molecule has 0 bridgehead atoms. The lowest BCUT2D eigenvalue weighted by Gasteiger charge is -2.11. The van der Waals surface area contributed by atoms with Crippen molar-refractivity contribution < 1.29 is 19.4 Å². The molecule has 0 heterocycles. The average molecular weight is 287 g/mol. The van der Waals surface area contributed by atoms with E-state index >= 15 is 0 Å². The maximum atomic E-state index is 11.7. The van der Waals surface area contributed by atoms with Crippen LogP contribution in [-0.4, -0.2) is 25.3 Å². The van der Waals surface area contributed by atoms with Gasteiger partial charge in [-0.1, -0.05) is 18.2 Å². The molecule has 0 aliphatic carbocycles. The monoisotopic (exact) mass is 287 g/mol. The fourth-order valence-electron chi connectivity index (χ4n) is 1.97. The van der Waals surface area contributed by atoms with E-state index in [-0.39, 0.29) is 5.75 Å². The lowest BCUT2D eigenvalue weighted by molar-refractivity contribution is 0.0602. The third-order valence-corrected chi connectivity index (χ3v) is 3.06. The van der Waals surface area contributed by atoms with Crippen LogP contribution < -0.4 is 10.1 Å². The van der Waals surface area contributed by atoms with E-state index in [0.29, 0.717) is 23.5 Å². The molecule has 2 N–H and O–H groups in total. The number of esters is 1. The van der Waals surface area contributed by atoms with Crippen LogP contribution in [0.4, 0.5) is 5.69 Å². The number of phenolic OH excluding ortho intramolecular Hbond substituents is 1. The summed E-state index contributed by atoms with van der Waals surface area (Å²) in [5, 5.41) is 12.9. The Morgan fingerprint density at radius 3 is 2.62 bits per heavy atom. The summed E-state index contributed by atoms with van der Waals surface area (Å²) >= 11 is 0. The molecule has 0 aromatic heterocycles. The molecule has 5 nitrogen and oxygen atoms in total. The van der Waals surface area contributed by atoms with E-state index in [0.717, 1.165) is 5.56 Å². The van der Waals surface area contributed by atoms with Crippen LogP contribution in [0.5, 0.6) is 11.5 Å². The zero-order valence-electron chi connectivity index (χ0n) is 11.9. The predicted molar refractivity (Wildman–Crippen MR) is 79.8 cm³/mol. The highest BCUT2D eigenvalue weighted by atomic mass is 16.5. The predicted octanol–water partition coefficient (Wildman–Crippen LogP) is 2.80. The number of hydrogen-bond acceptors (Lipinski definition) is 5. The van der Waals surface area contributed by atoms with E-state index < -0.39 is 5.97 Å². The van der Waals surface area contributed by atoms with Crippen molar-refractivity contribution in [3.8, 4) is 11.5 Å². The molecule has 0 spiro atoms. The minimum absolute atomic E-state index is 0.0815. The molecule has 0 saturated carbocycles. The number of methoxy groups -OCH3 is 2. The Morgan fingerprint density at radius 2 is 1.95 bits per heavy atom. The third kappa shape index (κ3) is 3.45. The summed E-state index contributed by atoms with van der Waals surface area (Å²) in [6.07, 6.45) is 0. The van der Waals surface area contributed by atoms with Gasteiger partial charge in [-0.25, -0.2) is 4.79 Å². The first-order chi connectivity index (χ1) is 10.2. The topological polar surface area (TPSA) is 67.8 Å². The Hall–Kier alpha value is -2.69. The van der Waals surface area contributed by atoms with Crippen molar-refractivity contribution in [2.24, 2.45) is 0 Å². The van der Waals surface area contributed by atoms with Gasteiger partial charge in [-0.05, 0) is 29.8 Å². The van der Waals surface area contributed by atoms with Crippen molar-refractivity contribution >= 4 is 11.7 Å². The van der Waals surface area contributed by atoms with Crippen molar-refractivity contribution in [2.75, 3.05) is 19.5 Å². The first-order valence-electron chi connectivity index (χ1n) is 6.42. The van der Waals surface area contributed by atoms with Crippen molar-refractivity contribution in [3.05, 3.63) is 53.6 Å². The Morgan fingerprint density at radius 1 is 1.19 bits per heavy atom. The first-order valence-corrected chi connectivity index (χ1v) is 6.42. The van der Waals surface area contributed by atoms with Gasteiger partial charge in [-0.15, -0.1) is 0 Å². The Labute approximate surface area is 123 Å². The number of phenols is 1. The molecule has 0 amide bonds. The van der Waals surface area contributed by atoms with E-state index in [2.05, 4.69) is 5.32 Å². The standard InChI is InChI=1S/C16H17NO4/c1-20-15-8-7-11(9-14(15)18)10-17-13-6-4-3-5-12(13)16(19)21-2/h3-9,17-18H,10H2,1-2H3. The molecule has 0 fully saturated rings. The highest BCUT2D eigenvalue weighted by Gasteiger charge is 2.10. The first kappa shape index (κ1) is 14.7. The molecule has 2 aromatic rings. The van der Waals surface area contributed by atoms with Gasteiger partial charge < -0.3 is 19.9 Å². The smallest absolute Gasteiger partial charge is 0.339 e. The number of benzene rings is 2. The van der Waals surface area contributed by atoms with E-state index in [1.165, 1.54) is 14.2 Å². The van der Waals surface area contributed by atoms with Gasteiger partial charge in [-0.3, -0.25) is 0 Å². The number of carbonyl (C=O) groups excluding carboxylic acids is 1. The summed E-state index contributed by atoms with van der Waals surface area (Å²) in [4.78, 5) is 11.7. The summed E-state index contributed by atoms with van der Waals surface area (Å²) in [6, 6.07) is 12.3. The molecule has 0 atom stereocenters. The number of rotatable bonds is 5. The lowest BCUT2D eigenvalue weighted by atomic mass is 10.1. The van der Waals surface area contributed by atoms with E-state index in [1.54, 1.807) is 30.3 Å². The average Bonchev–Trinajstić information content (AvgIpc) is 2.52. The fourth-order valence-corrected chi connectivity index (χ4v) is 1.97. The van der Waals surface area contributed by atoms with Gasteiger partial charge in [0.1, 0.15) is 0 Å². The normalized spacial score (nSPS) is 10.0. The van der Waals surface area contributed by atoms with Gasteiger partial charge in [0.15, 0.2) is 11.5 Å². The SMILES string of the molecule is COC(=O)c1ccccc1NCc1ccc(OC)c(O)c1. The Kier molecular flexibility index (Phi) is 4.66. The van der Waals surface area contributed by atoms with Crippen LogP contribution in [0, 0.1) is 0 Å². The zero-order valence-corrected chi connectivity index (χ0v) is 11.9. The van der Waals surface area contributed by atoms with Crippen molar-refractivity contribution in [1.29, 1.82) is 0 Å². The summed E-state index contributed by atoms with van der Waals surface area (Å²) < 4.78 is 9.74. The Balaban J connectivity index is 2.13. The number of aromatic hydroxyl groups is 1. The summed E-state index contributed by atoms with van der Waals surface area (Å²) in [6.45, 7) is 0.464. The molecule has 21 heavy (non-hydrogen) atoms. The van der Waals surface area contributed by atoms with Crippen molar-refractivity contribution in [2.45, 2.75) is 6.54 Å². The number of ether oxygens (including phenoxy) is 2. The van der Waals surface area contributed by atoms with Crippen LogP contribution in [-0.2, 0) is 11.3 Å². The van der Waals surface area contributed by atoms with Crippen LogP contribution in [0.2, 0.25) is 0 Å². The maximum absolute atomic E-state index is 11.7. The molecule has 2 aromatic carbocycles. The molecule has 0 aliphatic rings. The minimum atomic E-state index is -0.393. The minimum Gasteiger partial charge on any atom is -0.504 e. The number of hydrogen-bond donors (Lipinski definition) is 2. The molecule has 2 rings (SSSR count). The quantitative estimate of drug-likeness (QED) is 0.828.